The van der Waals surface area contributed by atoms with Gasteiger partial charge >= 0.3 is 0 Å². The van der Waals surface area contributed by atoms with Crippen LogP contribution in [0.5, 0.6) is 5.75 Å². The molecule has 0 fully saturated rings. The van der Waals surface area contributed by atoms with E-state index < -0.39 is 27.6 Å². The molecule has 1 N–H and O–H groups in total. The van der Waals surface area contributed by atoms with E-state index in [2.05, 4.69) is 5.32 Å². The number of benzene rings is 3. The molecule has 0 saturated heterocycles. The number of carbonyl (C=O) groups is 1. The summed E-state index contributed by atoms with van der Waals surface area (Å²) in [5.41, 5.74) is 1.41. The predicted octanol–water partition coefficient (Wildman–Crippen LogP) is 4.15. The zero-order chi connectivity index (χ0) is 21.7. The van der Waals surface area contributed by atoms with E-state index in [1.807, 2.05) is 30.3 Å². The van der Waals surface area contributed by atoms with Gasteiger partial charge in [0, 0.05) is 6.26 Å². The summed E-state index contributed by atoms with van der Waals surface area (Å²) in [7, 11) is -3.42. The van der Waals surface area contributed by atoms with Gasteiger partial charge in [-0.15, -0.1) is 0 Å². The fourth-order valence-corrected chi connectivity index (χ4v) is 3.79. The van der Waals surface area contributed by atoms with Crippen molar-refractivity contribution in [2.45, 2.75) is 17.9 Å². The van der Waals surface area contributed by atoms with Gasteiger partial charge in [-0.05, 0) is 42.3 Å². The van der Waals surface area contributed by atoms with Gasteiger partial charge in [0.25, 0.3) is 5.91 Å². The van der Waals surface area contributed by atoms with Gasteiger partial charge in [0.15, 0.2) is 21.4 Å². The van der Waals surface area contributed by atoms with Gasteiger partial charge in [0.05, 0.1) is 23.1 Å². The number of halogens is 1. The van der Waals surface area contributed by atoms with Crippen LogP contribution in [0.4, 0.5) is 4.39 Å². The first-order valence-corrected chi connectivity index (χ1v) is 11.3. The maximum absolute atomic E-state index is 14.2. The summed E-state index contributed by atoms with van der Waals surface area (Å²) in [5, 5.41) is 2.89. The van der Waals surface area contributed by atoms with Gasteiger partial charge < -0.3 is 10.1 Å². The molecular formula is C23H22FNO4S. The average Bonchev–Trinajstić information content (AvgIpc) is 2.73. The minimum atomic E-state index is -3.42. The summed E-state index contributed by atoms with van der Waals surface area (Å²) in [6.07, 6.45) is 1.13. The van der Waals surface area contributed by atoms with Crippen molar-refractivity contribution >= 4 is 15.7 Å². The zero-order valence-electron chi connectivity index (χ0n) is 16.6. The van der Waals surface area contributed by atoms with E-state index in [1.165, 1.54) is 30.3 Å². The molecule has 0 heterocycles. The normalized spacial score (nSPS) is 12.2. The van der Waals surface area contributed by atoms with E-state index in [-0.39, 0.29) is 22.8 Å². The van der Waals surface area contributed by atoms with Gasteiger partial charge in [0.1, 0.15) is 0 Å². The molecule has 30 heavy (non-hydrogen) atoms. The number of amides is 1. The van der Waals surface area contributed by atoms with Crippen molar-refractivity contribution in [1.29, 1.82) is 0 Å². The Balaban J connectivity index is 2.04. The maximum Gasteiger partial charge on any atom is 0.255 e. The quantitative estimate of drug-likeness (QED) is 0.615. The molecule has 0 spiro atoms. The number of carbonyl (C=O) groups excluding carboxylic acids is 1. The molecule has 0 aromatic heterocycles. The summed E-state index contributed by atoms with van der Waals surface area (Å²) in [6, 6.07) is 19.0. The highest BCUT2D eigenvalue weighted by Gasteiger charge is 2.22. The average molecular weight is 427 g/mol. The standard InChI is InChI=1S/C23H22FNO4S/c1-3-29-22-19(13-8-14-20(22)24)23(26)25-21(16-9-5-4-6-10-16)17-11-7-12-18(15-17)30(2,27)28/h4-15,21H,3H2,1-2H3,(H,25,26). The van der Waals surface area contributed by atoms with Crippen molar-refractivity contribution in [1.82, 2.24) is 5.32 Å². The number of ether oxygens (including phenoxy) is 1. The molecule has 5 nitrogen and oxygen atoms in total. The molecule has 0 bridgehead atoms. The summed E-state index contributed by atoms with van der Waals surface area (Å²) in [4.78, 5) is 13.2. The minimum Gasteiger partial charge on any atom is -0.490 e. The second-order valence-electron chi connectivity index (χ2n) is 6.71. The lowest BCUT2D eigenvalue weighted by atomic mass is 9.98. The molecule has 3 aromatic carbocycles. The second-order valence-corrected chi connectivity index (χ2v) is 8.73. The topological polar surface area (TPSA) is 72.5 Å². The molecule has 0 aliphatic heterocycles. The molecule has 1 amide bonds. The summed E-state index contributed by atoms with van der Waals surface area (Å²) < 4.78 is 43.5. The Kier molecular flexibility index (Phi) is 6.52. The third-order valence-corrected chi connectivity index (χ3v) is 5.64. The van der Waals surface area contributed by atoms with Gasteiger partial charge in [-0.2, -0.15) is 0 Å². The minimum absolute atomic E-state index is 0.0667. The summed E-state index contributed by atoms with van der Waals surface area (Å²) in [5.74, 6) is -1.27. The van der Waals surface area contributed by atoms with Crippen molar-refractivity contribution in [3.8, 4) is 5.75 Å². The number of para-hydroxylation sites is 1. The van der Waals surface area contributed by atoms with E-state index in [0.717, 1.165) is 11.8 Å². The van der Waals surface area contributed by atoms with Gasteiger partial charge in [0.2, 0.25) is 0 Å². The van der Waals surface area contributed by atoms with Crippen LogP contribution in [0, 0.1) is 5.82 Å². The van der Waals surface area contributed by atoms with Crippen molar-refractivity contribution < 1.29 is 22.3 Å². The van der Waals surface area contributed by atoms with Crippen molar-refractivity contribution in [3.63, 3.8) is 0 Å². The molecule has 0 aliphatic rings. The first kappa shape index (κ1) is 21.5. The van der Waals surface area contributed by atoms with Crippen molar-refractivity contribution in [3.05, 3.63) is 95.3 Å². The molecular weight excluding hydrogens is 405 g/mol. The lowest BCUT2D eigenvalue weighted by Gasteiger charge is -2.21. The van der Waals surface area contributed by atoms with Crippen molar-refractivity contribution in [2.24, 2.45) is 0 Å². The van der Waals surface area contributed by atoms with Gasteiger partial charge in [-0.1, -0.05) is 48.5 Å². The molecule has 1 atom stereocenters. The first-order valence-electron chi connectivity index (χ1n) is 9.38. The summed E-state index contributed by atoms with van der Waals surface area (Å²) >= 11 is 0. The highest BCUT2D eigenvalue weighted by atomic mass is 32.2. The zero-order valence-corrected chi connectivity index (χ0v) is 17.4. The Hall–Kier alpha value is -3.19. The van der Waals surface area contributed by atoms with E-state index in [4.69, 9.17) is 4.74 Å². The highest BCUT2D eigenvalue weighted by Crippen LogP contribution is 2.27. The van der Waals surface area contributed by atoms with Gasteiger partial charge in [-0.3, -0.25) is 4.79 Å². The largest absolute Gasteiger partial charge is 0.490 e. The fraction of sp³-hybridized carbons (Fsp3) is 0.174. The lowest BCUT2D eigenvalue weighted by molar-refractivity contribution is 0.0938. The summed E-state index contributed by atoms with van der Waals surface area (Å²) in [6.45, 7) is 1.91. The van der Waals surface area contributed by atoms with Crippen LogP contribution in [-0.4, -0.2) is 27.2 Å². The highest BCUT2D eigenvalue weighted by molar-refractivity contribution is 7.90. The van der Waals surface area contributed by atoms with Crippen LogP contribution in [0.25, 0.3) is 0 Å². The Labute approximate surface area is 175 Å². The SMILES string of the molecule is CCOc1c(F)cccc1C(=O)NC(c1ccccc1)c1cccc(S(C)(=O)=O)c1. The van der Waals surface area contributed by atoms with E-state index >= 15 is 0 Å². The molecule has 0 radical (unpaired) electrons. The molecule has 3 aromatic rings. The van der Waals surface area contributed by atoms with Crippen LogP contribution in [0.1, 0.15) is 34.5 Å². The molecule has 1 unspecified atom stereocenters. The number of sulfone groups is 1. The smallest absolute Gasteiger partial charge is 0.255 e. The Morgan fingerprint density at radius 2 is 1.67 bits per heavy atom. The number of hydrogen-bond acceptors (Lipinski definition) is 4. The van der Waals surface area contributed by atoms with Crippen LogP contribution in [0.15, 0.2) is 77.7 Å². The maximum atomic E-state index is 14.2. The van der Waals surface area contributed by atoms with Crippen molar-refractivity contribution in [2.75, 3.05) is 12.9 Å². The molecule has 0 aliphatic carbocycles. The number of hydrogen-bond donors (Lipinski definition) is 1. The fourth-order valence-electron chi connectivity index (χ4n) is 3.12. The molecule has 7 heteroatoms. The third-order valence-electron chi connectivity index (χ3n) is 4.53. The van der Waals surface area contributed by atoms with E-state index in [0.29, 0.717) is 5.56 Å². The third kappa shape index (κ3) is 4.86. The van der Waals surface area contributed by atoms with Crippen LogP contribution >= 0.6 is 0 Å². The second kappa shape index (κ2) is 9.09. The van der Waals surface area contributed by atoms with Crippen LogP contribution in [0.3, 0.4) is 0 Å². The van der Waals surface area contributed by atoms with E-state index in [1.54, 1.807) is 19.1 Å². The Morgan fingerprint density at radius 1 is 1.00 bits per heavy atom. The molecule has 0 saturated carbocycles. The lowest BCUT2D eigenvalue weighted by Crippen LogP contribution is -2.30. The predicted molar refractivity (Wildman–Crippen MR) is 113 cm³/mol. The van der Waals surface area contributed by atoms with Crippen LogP contribution in [0.2, 0.25) is 0 Å². The van der Waals surface area contributed by atoms with E-state index in [9.17, 15) is 17.6 Å². The monoisotopic (exact) mass is 427 g/mol. The number of rotatable bonds is 7. The molecule has 156 valence electrons. The number of nitrogens with one attached hydrogen (secondary N) is 1. The molecule has 3 rings (SSSR count). The Morgan fingerprint density at radius 3 is 2.33 bits per heavy atom. The first-order chi connectivity index (χ1) is 14.3. The Bertz CT molecular complexity index is 1150. The van der Waals surface area contributed by atoms with Gasteiger partial charge in [-0.25, -0.2) is 12.8 Å². The van der Waals surface area contributed by atoms with Crippen LogP contribution in [-0.2, 0) is 9.84 Å². The van der Waals surface area contributed by atoms with Crippen LogP contribution < -0.4 is 10.1 Å².